The Bertz CT molecular complexity index is 1400. The number of rotatable bonds is 12. The highest BCUT2D eigenvalue weighted by Crippen LogP contribution is 2.28. The fraction of sp³-hybridized carbons (Fsp3) is 0.333. The van der Waals surface area contributed by atoms with Gasteiger partial charge in [0.05, 0.1) is 10.6 Å². The summed E-state index contributed by atoms with van der Waals surface area (Å²) in [7, 11) is -4.13. The Balaban J connectivity index is 2.06. The monoisotopic (exact) mass is 569 g/mol. The molecule has 0 radical (unpaired) electrons. The second-order valence-corrected chi connectivity index (χ2v) is 11.8. The summed E-state index contributed by atoms with van der Waals surface area (Å²) in [5.74, 6) is -0.762. The minimum absolute atomic E-state index is 0.0486. The Morgan fingerprint density at radius 2 is 1.67 bits per heavy atom. The summed E-state index contributed by atoms with van der Waals surface area (Å²) in [6, 6.07) is 19.8. The normalized spacial score (nSPS) is 12.0. The average molecular weight is 570 g/mol. The quantitative estimate of drug-likeness (QED) is 0.313. The first-order chi connectivity index (χ1) is 18.6. The number of carbonyl (C=O) groups excluding carboxylic acids is 2. The zero-order valence-corrected chi connectivity index (χ0v) is 24.4. The molecule has 0 spiro atoms. The molecule has 2 amide bonds. The third-order valence-corrected chi connectivity index (χ3v) is 8.62. The largest absolute Gasteiger partial charge is 0.354 e. The average Bonchev–Trinajstić information content (AvgIpc) is 2.92. The highest BCUT2D eigenvalue weighted by atomic mass is 35.5. The molecule has 3 aromatic rings. The molecule has 1 unspecified atom stereocenters. The summed E-state index contributed by atoms with van der Waals surface area (Å²) >= 11 is 6.37. The molecule has 0 aliphatic rings. The minimum Gasteiger partial charge on any atom is -0.354 e. The lowest BCUT2D eigenvalue weighted by Crippen LogP contribution is -2.52. The standard InChI is InChI=1S/C30H36ClN3O4S/c1-5-17-32-30(36)28(6-2)33(20-24-12-10-11-22(3)18-24)29(35)21-34(25-16-15-23(4)27(31)19-25)39(37,38)26-13-8-7-9-14-26/h7-16,18-19,28H,5-6,17,20-21H2,1-4H3,(H,32,36). The third kappa shape index (κ3) is 7.61. The van der Waals surface area contributed by atoms with E-state index in [9.17, 15) is 18.0 Å². The van der Waals surface area contributed by atoms with Crippen molar-refractivity contribution in [2.75, 3.05) is 17.4 Å². The number of nitrogens with zero attached hydrogens (tertiary/aromatic N) is 2. The summed E-state index contributed by atoms with van der Waals surface area (Å²) in [5.41, 5.74) is 2.91. The number of hydrogen-bond donors (Lipinski definition) is 1. The molecule has 39 heavy (non-hydrogen) atoms. The lowest BCUT2D eigenvalue weighted by atomic mass is 10.1. The second kappa shape index (κ2) is 13.6. The maximum atomic E-state index is 14.0. The Kier molecular flexibility index (Phi) is 10.5. The molecule has 208 valence electrons. The first kappa shape index (κ1) is 30.2. The van der Waals surface area contributed by atoms with Crippen LogP contribution in [0.1, 0.15) is 43.4 Å². The van der Waals surface area contributed by atoms with Crippen LogP contribution in [0.3, 0.4) is 0 Å². The van der Waals surface area contributed by atoms with Gasteiger partial charge in [-0.25, -0.2) is 8.42 Å². The van der Waals surface area contributed by atoms with Crippen LogP contribution in [0, 0.1) is 13.8 Å². The van der Waals surface area contributed by atoms with Crippen molar-refractivity contribution in [1.29, 1.82) is 0 Å². The van der Waals surface area contributed by atoms with Crippen molar-refractivity contribution < 1.29 is 18.0 Å². The molecule has 7 nitrogen and oxygen atoms in total. The molecule has 0 saturated heterocycles. The number of sulfonamides is 1. The van der Waals surface area contributed by atoms with Gasteiger partial charge < -0.3 is 10.2 Å². The maximum absolute atomic E-state index is 14.0. The lowest BCUT2D eigenvalue weighted by Gasteiger charge is -2.33. The molecule has 0 aromatic heterocycles. The Labute approximate surface area is 236 Å². The van der Waals surface area contributed by atoms with Crippen LogP contribution in [0.2, 0.25) is 5.02 Å². The molecule has 1 atom stereocenters. The van der Waals surface area contributed by atoms with Crippen LogP contribution in [-0.2, 0) is 26.2 Å². The molecule has 0 aliphatic carbocycles. The number of aryl methyl sites for hydroxylation is 2. The van der Waals surface area contributed by atoms with Gasteiger partial charge in [0.25, 0.3) is 10.0 Å². The zero-order valence-electron chi connectivity index (χ0n) is 22.9. The Morgan fingerprint density at radius 1 is 0.949 bits per heavy atom. The number of nitrogens with one attached hydrogen (secondary N) is 1. The van der Waals surface area contributed by atoms with Crippen molar-refractivity contribution in [1.82, 2.24) is 10.2 Å². The number of carbonyl (C=O) groups is 2. The first-order valence-corrected chi connectivity index (χ1v) is 14.9. The van der Waals surface area contributed by atoms with E-state index in [0.717, 1.165) is 27.4 Å². The SMILES string of the molecule is CCCNC(=O)C(CC)N(Cc1cccc(C)c1)C(=O)CN(c1ccc(C)c(Cl)c1)S(=O)(=O)c1ccccc1. The van der Waals surface area contributed by atoms with Crippen molar-refractivity contribution in [2.45, 2.75) is 58.0 Å². The zero-order chi connectivity index (χ0) is 28.6. The molecule has 9 heteroatoms. The summed E-state index contributed by atoms with van der Waals surface area (Å²) < 4.78 is 28.7. The first-order valence-electron chi connectivity index (χ1n) is 13.0. The second-order valence-electron chi connectivity index (χ2n) is 9.48. The molecule has 0 bridgehead atoms. The van der Waals surface area contributed by atoms with Gasteiger partial charge in [-0.2, -0.15) is 0 Å². The van der Waals surface area contributed by atoms with Crippen LogP contribution in [0.5, 0.6) is 0 Å². The van der Waals surface area contributed by atoms with Gasteiger partial charge >= 0.3 is 0 Å². The van der Waals surface area contributed by atoms with Gasteiger partial charge in [0.15, 0.2) is 0 Å². The lowest BCUT2D eigenvalue weighted by molar-refractivity contribution is -0.140. The van der Waals surface area contributed by atoms with Crippen LogP contribution in [-0.4, -0.2) is 44.3 Å². The topological polar surface area (TPSA) is 86.8 Å². The molecular formula is C30H36ClN3O4S. The fourth-order valence-corrected chi connectivity index (χ4v) is 5.88. The number of benzene rings is 3. The minimum atomic E-state index is -4.13. The summed E-state index contributed by atoms with van der Waals surface area (Å²) in [6.45, 7) is 7.71. The van der Waals surface area contributed by atoms with Gasteiger partial charge in [-0.3, -0.25) is 13.9 Å². The predicted octanol–water partition coefficient (Wildman–Crippen LogP) is 5.49. The van der Waals surface area contributed by atoms with Gasteiger partial charge in [-0.15, -0.1) is 0 Å². The van der Waals surface area contributed by atoms with Gasteiger partial charge in [0.1, 0.15) is 12.6 Å². The van der Waals surface area contributed by atoms with Crippen LogP contribution >= 0.6 is 11.6 Å². The van der Waals surface area contributed by atoms with E-state index in [4.69, 9.17) is 11.6 Å². The number of hydrogen-bond acceptors (Lipinski definition) is 4. The van der Waals surface area contributed by atoms with Crippen LogP contribution in [0.25, 0.3) is 0 Å². The van der Waals surface area contributed by atoms with Gasteiger partial charge in [0, 0.05) is 18.1 Å². The van der Waals surface area contributed by atoms with Gasteiger partial charge in [-0.05, 0) is 62.1 Å². The molecule has 0 saturated carbocycles. The number of halogens is 1. The van der Waals surface area contributed by atoms with E-state index >= 15 is 0 Å². The molecule has 0 heterocycles. The molecular weight excluding hydrogens is 534 g/mol. The van der Waals surface area contributed by atoms with E-state index in [1.165, 1.54) is 17.0 Å². The summed E-state index contributed by atoms with van der Waals surface area (Å²) in [6.07, 6.45) is 1.13. The predicted molar refractivity (Wildman–Crippen MR) is 156 cm³/mol. The van der Waals surface area contributed by atoms with E-state index in [1.54, 1.807) is 36.4 Å². The molecule has 3 rings (SSSR count). The smallest absolute Gasteiger partial charge is 0.264 e. The van der Waals surface area contributed by atoms with E-state index in [2.05, 4.69) is 5.32 Å². The van der Waals surface area contributed by atoms with Crippen molar-refractivity contribution in [3.05, 3.63) is 94.5 Å². The highest BCUT2D eigenvalue weighted by Gasteiger charge is 2.33. The van der Waals surface area contributed by atoms with E-state index in [1.807, 2.05) is 52.0 Å². The Morgan fingerprint density at radius 3 is 2.28 bits per heavy atom. The van der Waals surface area contributed by atoms with Gasteiger partial charge in [0.2, 0.25) is 11.8 Å². The van der Waals surface area contributed by atoms with E-state index in [-0.39, 0.29) is 23.0 Å². The van der Waals surface area contributed by atoms with Crippen LogP contribution < -0.4 is 9.62 Å². The Hall–Kier alpha value is -3.36. The third-order valence-electron chi connectivity index (χ3n) is 6.42. The maximum Gasteiger partial charge on any atom is 0.264 e. The van der Waals surface area contributed by atoms with Crippen molar-refractivity contribution in [3.8, 4) is 0 Å². The number of amides is 2. The summed E-state index contributed by atoms with van der Waals surface area (Å²) in [4.78, 5) is 28.7. The summed E-state index contributed by atoms with van der Waals surface area (Å²) in [5, 5.41) is 3.27. The van der Waals surface area contributed by atoms with E-state index < -0.39 is 28.5 Å². The number of anilines is 1. The highest BCUT2D eigenvalue weighted by molar-refractivity contribution is 7.92. The van der Waals surface area contributed by atoms with Crippen molar-refractivity contribution >= 4 is 39.1 Å². The van der Waals surface area contributed by atoms with Crippen LogP contribution in [0.4, 0.5) is 5.69 Å². The molecule has 0 fully saturated rings. The van der Waals surface area contributed by atoms with Crippen LogP contribution in [0.15, 0.2) is 77.7 Å². The molecule has 1 N–H and O–H groups in total. The van der Waals surface area contributed by atoms with Gasteiger partial charge in [-0.1, -0.05) is 79.5 Å². The molecule has 0 aliphatic heterocycles. The van der Waals surface area contributed by atoms with Crippen molar-refractivity contribution in [3.63, 3.8) is 0 Å². The van der Waals surface area contributed by atoms with E-state index in [0.29, 0.717) is 18.0 Å². The molecule has 3 aromatic carbocycles. The van der Waals surface area contributed by atoms with Crippen molar-refractivity contribution in [2.24, 2.45) is 0 Å². The fourth-order valence-electron chi connectivity index (χ4n) is 4.28.